The molecule has 3 aromatic rings. The first-order valence-electron chi connectivity index (χ1n) is 8.84. The largest absolute Gasteiger partial charge is 0.483 e. The van der Waals surface area contributed by atoms with Crippen molar-refractivity contribution in [2.24, 2.45) is 0 Å². The number of hydrogen-bond acceptors (Lipinski definition) is 2. The van der Waals surface area contributed by atoms with Crippen LogP contribution in [0.25, 0.3) is 0 Å². The summed E-state index contributed by atoms with van der Waals surface area (Å²) >= 11 is 0. The summed E-state index contributed by atoms with van der Waals surface area (Å²) in [5.41, 5.74) is 4.59. The fourth-order valence-corrected chi connectivity index (χ4v) is 3.01. The Hall–Kier alpha value is -1.84. The summed E-state index contributed by atoms with van der Waals surface area (Å²) in [4.78, 5) is 12.5. The van der Waals surface area contributed by atoms with Gasteiger partial charge in [0.15, 0.2) is 11.9 Å². The van der Waals surface area contributed by atoms with Gasteiger partial charge in [-0.1, -0.05) is 48.5 Å². The molecule has 4 heteroatoms. The van der Waals surface area contributed by atoms with Crippen LogP contribution < -0.4 is 9.30 Å². The van der Waals surface area contributed by atoms with Crippen LogP contribution in [0.2, 0.25) is 0 Å². The molecule has 0 fully saturated rings. The van der Waals surface area contributed by atoms with Crippen LogP contribution >= 0.6 is 0 Å². The van der Waals surface area contributed by atoms with Gasteiger partial charge in [0.05, 0.1) is 0 Å². The molecule has 3 nitrogen and oxygen atoms in total. The molecule has 0 unspecified atom stereocenters. The van der Waals surface area contributed by atoms with E-state index in [0.29, 0.717) is 19.6 Å². The number of aryl methyl sites for hydroxylation is 2. The van der Waals surface area contributed by atoms with Gasteiger partial charge in [-0.25, -0.2) is 0 Å². The van der Waals surface area contributed by atoms with Crippen LogP contribution in [0.3, 0.4) is 0 Å². The van der Waals surface area contributed by atoms with Crippen LogP contribution in [0.5, 0.6) is 5.75 Å². The van der Waals surface area contributed by atoms with Crippen molar-refractivity contribution in [3.05, 3.63) is 95.3 Å². The predicted molar refractivity (Wildman–Crippen MR) is 102 cm³/mol. The number of rotatable bonds is 7. The number of carbonyl (C=O) groups is 1. The quantitative estimate of drug-likeness (QED) is 0.526. The van der Waals surface area contributed by atoms with Crippen LogP contribution in [-0.2, 0) is 57.1 Å². The topological polar surface area (TPSA) is 30.2 Å². The van der Waals surface area contributed by atoms with E-state index in [1.807, 2.05) is 65.5 Å². The fraction of sp³-hybridized carbons (Fsp3) is 0.217. The first-order valence-corrected chi connectivity index (χ1v) is 8.84. The van der Waals surface area contributed by atoms with Crippen LogP contribution in [0.1, 0.15) is 22.3 Å². The van der Waals surface area contributed by atoms with Crippen LogP contribution in [0.15, 0.2) is 73.1 Å². The summed E-state index contributed by atoms with van der Waals surface area (Å²) < 4.78 is 7.72. The minimum Gasteiger partial charge on any atom is -0.483 e. The van der Waals surface area contributed by atoms with E-state index in [9.17, 15) is 4.79 Å². The fourth-order valence-electron chi connectivity index (χ4n) is 3.01. The first-order chi connectivity index (χ1) is 12.6. The zero-order valence-electron chi connectivity index (χ0n) is 15.9. The zero-order valence-corrected chi connectivity index (χ0v) is 18.7. The molecule has 135 valence electrons. The summed E-state index contributed by atoms with van der Waals surface area (Å²) in [5.74, 6) is 0.948. The molecule has 0 aliphatic carbocycles. The van der Waals surface area contributed by atoms with E-state index < -0.39 is 0 Å². The molecule has 2 aromatic carbocycles. The van der Waals surface area contributed by atoms with Gasteiger partial charge in [0.1, 0.15) is 6.61 Å². The molecule has 0 aliphatic heterocycles. The second-order valence-corrected chi connectivity index (χ2v) is 6.57. The van der Waals surface area contributed by atoms with Gasteiger partial charge in [0.25, 0.3) is 0 Å². The molecule has 1 heterocycles. The van der Waals surface area contributed by atoms with Gasteiger partial charge in [-0.2, -0.15) is 4.57 Å². The standard InChI is InChI=1S/C23H24NO2.Y/c1-18-8-6-9-19(2)23(18)14-21(25)15-24-13-7-12-22(16-24)26-17-20-10-4-3-5-11-20;/h3-13,16H,14-15,17H2,1-2H3;/q+1;. The molecule has 0 atom stereocenters. The van der Waals surface area contributed by atoms with Crippen molar-refractivity contribution in [1.82, 2.24) is 0 Å². The molecule has 1 aromatic heterocycles. The number of aromatic nitrogens is 1. The number of ketones is 1. The average molecular weight is 435 g/mol. The second-order valence-electron chi connectivity index (χ2n) is 6.57. The first kappa shape index (κ1) is 21.5. The van der Waals surface area contributed by atoms with Gasteiger partial charge in [-0.15, -0.1) is 0 Å². The molecular formula is C23H24NO2Y+. The van der Waals surface area contributed by atoms with Crippen molar-refractivity contribution < 1.29 is 46.8 Å². The minimum atomic E-state index is 0. The van der Waals surface area contributed by atoms with Gasteiger partial charge >= 0.3 is 0 Å². The van der Waals surface area contributed by atoms with E-state index in [4.69, 9.17) is 4.74 Å². The third-order valence-corrected chi connectivity index (χ3v) is 4.46. The smallest absolute Gasteiger partial charge is 0.211 e. The van der Waals surface area contributed by atoms with E-state index in [0.717, 1.165) is 16.9 Å². The van der Waals surface area contributed by atoms with Crippen molar-refractivity contribution in [3.8, 4) is 5.75 Å². The Labute approximate surface area is 186 Å². The third kappa shape index (κ3) is 6.37. The Kier molecular flexibility index (Phi) is 8.34. The van der Waals surface area contributed by atoms with Crippen LogP contribution in [0, 0.1) is 13.8 Å². The minimum absolute atomic E-state index is 0. The molecule has 0 saturated carbocycles. The maximum Gasteiger partial charge on any atom is 0.211 e. The summed E-state index contributed by atoms with van der Waals surface area (Å²) in [5, 5.41) is 0. The molecule has 1 radical (unpaired) electrons. The summed E-state index contributed by atoms with van der Waals surface area (Å²) in [6.07, 6.45) is 4.24. The van der Waals surface area contributed by atoms with Crippen LogP contribution in [0.4, 0.5) is 0 Å². The van der Waals surface area contributed by atoms with Crippen molar-refractivity contribution in [1.29, 1.82) is 0 Å². The van der Waals surface area contributed by atoms with Crippen molar-refractivity contribution in [3.63, 3.8) is 0 Å². The van der Waals surface area contributed by atoms with E-state index >= 15 is 0 Å². The van der Waals surface area contributed by atoms with E-state index in [1.54, 1.807) is 0 Å². The Morgan fingerprint density at radius 3 is 2.33 bits per heavy atom. The number of pyridine rings is 1. The monoisotopic (exact) mass is 435 g/mol. The summed E-state index contributed by atoms with van der Waals surface area (Å²) in [6, 6.07) is 20.0. The average Bonchev–Trinajstić information content (AvgIpc) is 2.64. The Bertz CT molecular complexity index is 874. The molecule has 0 spiro atoms. The van der Waals surface area contributed by atoms with Crippen molar-refractivity contribution in [2.75, 3.05) is 0 Å². The van der Waals surface area contributed by atoms with Gasteiger partial charge in [-0.05, 0) is 42.2 Å². The molecule has 0 N–H and O–H groups in total. The predicted octanol–water partition coefficient (Wildman–Crippen LogP) is 3.98. The van der Waals surface area contributed by atoms with Gasteiger partial charge in [-0.3, -0.25) is 4.79 Å². The van der Waals surface area contributed by atoms with E-state index in [1.165, 1.54) is 11.1 Å². The molecule has 3 rings (SSSR count). The Morgan fingerprint density at radius 1 is 0.926 bits per heavy atom. The number of hydrogen-bond donors (Lipinski definition) is 0. The zero-order chi connectivity index (χ0) is 18.4. The second kappa shape index (κ2) is 10.5. The normalized spacial score (nSPS) is 10.1. The Balaban J connectivity index is 0.00000261. The van der Waals surface area contributed by atoms with Crippen LogP contribution in [-0.4, -0.2) is 5.78 Å². The number of carbonyl (C=O) groups excluding carboxylic acids is 1. The van der Waals surface area contributed by atoms with Gasteiger partial charge < -0.3 is 4.74 Å². The summed E-state index contributed by atoms with van der Waals surface area (Å²) in [7, 11) is 0. The Morgan fingerprint density at radius 2 is 1.63 bits per heavy atom. The van der Waals surface area contributed by atoms with Crippen molar-refractivity contribution in [2.45, 2.75) is 33.4 Å². The maximum absolute atomic E-state index is 12.5. The number of nitrogens with zero attached hydrogens (tertiary/aromatic N) is 1. The molecule has 0 amide bonds. The molecular weight excluding hydrogens is 411 g/mol. The summed E-state index contributed by atoms with van der Waals surface area (Å²) in [6.45, 7) is 4.97. The van der Waals surface area contributed by atoms with Gasteiger partial charge in [0, 0.05) is 45.2 Å². The van der Waals surface area contributed by atoms with Gasteiger partial charge in [0.2, 0.25) is 18.5 Å². The number of Topliss-reactive ketones (excluding diaryl/α,β-unsaturated/α-hetero) is 1. The third-order valence-electron chi connectivity index (χ3n) is 4.46. The van der Waals surface area contributed by atoms with Crippen molar-refractivity contribution >= 4 is 5.78 Å². The SMILES string of the molecule is Cc1cccc(C)c1CC(=O)C[n+]1cccc(OCc2ccccc2)c1.[Y]. The molecule has 27 heavy (non-hydrogen) atoms. The molecule has 0 aliphatic rings. The van der Waals surface area contributed by atoms with E-state index in [-0.39, 0.29) is 38.5 Å². The number of benzene rings is 2. The number of ether oxygens (including phenoxy) is 1. The molecule has 0 bridgehead atoms. The maximum atomic E-state index is 12.5. The van der Waals surface area contributed by atoms with E-state index in [2.05, 4.69) is 26.0 Å². The molecule has 0 saturated heterocycles.